The Morgan fingerprint density at radius 3 is 2.18 bits per heavy atom. The summed E-state index contributed by atoms with van der Waals surface area (Å²) in [4.78, 5) is 27.9. The third-order valence-corrected chi connectivity index (χ3v) is 14.5. The van der Waals surface area contributed by atoms with Crippen molar-refractivity contribution in [3.8, 4) is 0 Å². The second-order valence-corrected chi connectivity index (χ2v) is 18.8. The summed E-state index contributed by atoms with van der Waals surface area (Å²) in [6.45, 7) is 19.5. The highest BCUT2D eigenvalue weighted by Crippen LogP contribution is 2.49. The van der Waals surface area contributed by atoms with E-state index in [0.29, 0.717) is 25.7 Å². The van der Waals surface area contributed by atoms with Crippen molar-refractivity contribution in [1.82, 2.24) is 0 Å². The molecule has 0 aromatic heterocycles. The van der Waals surface area contributed by atoms with Gasteiger partial charge in [0.2, 0.25) is 0 Å². The first-order chi connectivity index (χ1) is 26.6. The predicted molar refractivity (Wildman–Crippen MR) is 218 cm³/mol. The molecule has 2 fully saturated rings. The van der Waals surface area contributed by atoms with E-state index in [2.05, 4.69) is 19.9 Å². The van der Waals surface area contributed by atoms with Gasteiger partial charge in [0.05, 0.1) is 48.5 Å². The molecule has 326 valence electrons. The van der Waals surface area contributed by atoms with Crippen molar-refractivity contribution in [2.75, 3.05) is 0 Å². The molecule has 1 spiro atoms. The first kappa shape index (κ1) is 47.5. The average molecular weight is 806 g/mol. The van der Waals surface area contributed by atoms with Crippen LogP contribution >= 0.6 is 0 Å². The predicted octanol–water partition coefficient (Wildman–Crippen LogP) is 5.48. The Kier molecular flexibility index (Phi) is 16.2. The van der Waals surface area contributed by atoms with Crippen LogP contribution < -0.4 is 0 Å². The van der Waals surface area contributed by atoms with Crippen molar-refractivity contribution in [3.05, 3.63) is 29.5 Å². The Labute approximate surface area is 341 Å². The van der Waals surface area contributed by atoms with Crippen LogP contribution in [0, 0.1) is 58.5 Å². The second-order valence-electron chi connectivity index (χ2n) is 18.8. The van der Waals surface area contributed by atoms with Crippen LogP contribution in [0.2, 0.25) is 0 Å². The fraction of sp³-hybridized carbons (Fsp3) is 0.844. The molecule has 4 rings (SSSR count). The summed E-state index contributed by atoms with van der Waals surface area (Å²) < 4.78 is 21.0. The highest BCUT2D eigenvalue weighted by Gasteiger charge is 2.57. The lowest BCUT2D eigenvalue weighted by atomic mass is 9.72. The number of Topliss-reactive ketones (excluding diaryl/α,β-unsaturated/α-hetero) is 1. The van der Waals surface area contributed by atoms with E-state index in [1.54, 1.807) is 34.6 Å². The number of ether oxygens (including phenoxy) is 3. The normalized spacial score (nSPS) is 47.8. The van der Waals surface area contributed by atoms with E-state index >= 15 is 0 Å². The van der Waals surface area contributed by atoms with Gasteiger partial charge in [0.25, 0.3) is 0 Å². The molecule has 12 nitrogen and oxygen atoms in total. The largest absolute Gasteiger partial charge is 0.624 e. The van der Waals surface area contributed by atoms with E-state index in [9.17, 15) is 40.3 Å². The molecule has 5 N–H and O–H groups in total. The van der Waals surface area contributed by atoms with Crippen LogP contribution in [0.1, 0.15) is 128 Å². The minimum atomic E-state index is -2.18. The molecule has 0 aromatic carbocycles. The van der Waals surface area contributed by atoms with E-state index in [4.69, 9.17) is 14.2 Å². The topological polar surface area (TPSA) is 189 Å². The van der Waals surface area contributed by atoms with Crippen molar-refractivity contribution in [1.29, 1.82) is 0 Å². The van der Waals surface area contributed by atoms with Gasteiger partial charge in [-0.2, -0.15) is 0 Å². The molecular formula is C45H75NO11. The van der Waals surface area contributed by atoms with Gasteiger partial charge in [0.1, 0.15) is 18.1 Å². The number of carbonyl (C=O) groups is 2. The zero-order valence-corrected chi connectivity index (χ0v) is 36.4. The fourth-order valence-electron chi connectivity index (χ4n) is 10.2. The van der Waals surface area contributed by atoms with Crippen molar-refractivity contribution in [3.63, 3.8) is 0 Å². The number of hydrogen-bond donors (Lipinski definition) is 5. The van der Waals surface area contributed by atoms with Gasteiger partial charge in [-0.05, 0) is 70.1 Å². The van der Waals surface area contributed by atoms with Gasteiger partial charge in [0.15, 0.2) is 23.3 Å². The second kappa shape index (κ2) is 19.5. The lowest BCUT2D eigenvalue weighted by molar-refractivity contribution is -0.526. The molecule has 19 atom stereocenters. The summed E-state index contributed by atoms with van der Waals surface area (Å²) >= 11 is 0. The SMILES string of the molecule is CC[C@H]1/C=C/C=C/C[C@@H](C)[C@H](O)[C@@](C)(O)C(=O)[C@@H](C)[C@H](O)[C@@H](C)C2=[N+]([O-])[C@@H](CC(=O)O[C@@H]3[C@H](C)[C@H](CC1)O[C@]1(CC[C@H](C)[C@H](C[C@@H](C)O)O1)[C@@H]3C)[C@H](C)[C@@H](O)[C@@H]2C. The minimum absolute atomic E-state index is 0.151. The summed E-state index contributed by atoms with van der Waals surface area (Å²) in [6.07, 6.45) is 6.60. The molecule has 0 saturated carbocycles. The van der Waals surface area contributed by atoms with E-state index in [-0.39, 0.29) is 48.0 Å². The van der Waals surface area contributed by atoms with Crippen molar-refractivity contribution < 1.29 is 54.1 Å². The number of hydroxylamine groups is 1. The Bertz CT molecular complexity index is 1460. The molecule has 4 bridgehead atoms. The average Bonchev–Trinajstić information content (AvgIpc) is 3.16. The number of carbonyl (C=O) groups excluding carboxylic acids is 2. The summed E-state index contributed by atoms with van der Waals surface area (Å²) in [5, 5.41) is 70.3. The number of nitrogens with zero attached hydrogens (tertiary/aromatic N) is 1. The first-order valence-electron chi connectivity index (χ1n) is 21.8. The maximum atomic E-state index is 14.3. The van der Waals surface area contributed by atoms with Gasteiger partial charge in [-0.3, -0.25) is 9.59 Å². The van der Waals surface area contributed by atoms with E-state index in [1.165, 1.54) is 13.8 Å². The first-order valence-corrected chi connectivity index (χ1v) is 21.8. The monoisotopic (exact) mass is 806 g/mol. The smallest absolute Gasteiger partial charge is 0.312 e. The Morgan fingerprint density at radius 2 is 1.54 bits per heavy atom. The zero-order valence-electron chi connectivity index (χ0n) is 36.4. The van der Waals surface area contributed by atoms with E-state index < -0.39 is 89.3 Å². The number of rotatable bonds is 3. The lowest BCUT2D eigenvalue weighted by Crippen LogP contribution is -2.62. The molecule has 0 aromatic rings. The number of hydrogen-bond acceptors (Lipinski definition) is 11. The van der Waals surface area contributed by atoms with Crippen molar-refractivity contribution in [2.45, 2.75) is 188 Å². The standard InChI is InChI=1S/C45H75NO11/c1-12-33-17-15-13-14-16-25(3)42(51)44(11,53)43(52)31(9)40(50)30(8)38-29(7)39(49)27(5)34(46(38)54)23-37(48)55-41-28(6)35(19-18-33)56-45(32(41)10)21-20-24(2)36(57-45)22-26(4)47/h13-15,17,24-36,39-42,47,49-51,53H,12,16,18-23H2,1-11H3/b14-13+,17-15+/t24-,25+,26+,27-,28+,29+,30-,31-,32+,33-,34-,35-,36-,39+,40+,41+,42-,44+,45-/m0/s1. The number of aliphatic hydroxyl groups excluding tert-OH is 4. The molecular weight excluding hydrogens is 730 g/mol. The van der Waals surface area contributed by atoms with Crippen molar-refractivity contribution >= 4 is 17.5 Å². The highest BCUT2D eigenvalue weighted by atomic mass is 16.7. The lowest BCUT2D eigenvalue weighted by Gasteiger charge is -2.55. The molecule has 0 unspecified atom stereocenters. The molecule has 12 heteroatoms. The van der Waals surface area contributed by atoms with Crippen LogP contribution in [0.15, 0.2) is 24.3 Å². The van der Waals surface area contributed by atoms with Crippen LogP contribution in [0.25, 0.3) is 0 Å². The zero-order chi connectivity index (χ0) is 42.7. The van der Waals surface area contributed by atoms with Crippen molar-refractivity contribution in [2.24, 2.45) is 53.3 Å². The molecule has 2 saturated heterocycles. The van der Waals surface area contributed by atoms with Gasteiger partial charge in [0, 0.05) is 30.1 Å². The van der Waals surface area contributed by atoms with E-state index in [0.717, 1.165) is 24.0 Å². The third kappa shape index (κ3) is 10.2. The molecule has 4 heterocycles. The molecule has 4 aliphatic heterocycles. The molecule has 0 amide bonds. The number of fused-ring (bicyclic) bond motifs is 3. The van der Waals surface area contributed by atoms with Crippen LogP contribution in [0.3, 0.4) is 0 Å². The van der Waals surface area contributed by atoms with Gasteiger partial charge in [-0.15, -0.1) is 0 Å². The summed E-state index contributed by atoms with van der Waals surface area (Å²) in [7, 11) is 0. The summed E-state index contributed by atoms with van der Waals surface area (Å²) in [5.41, 5.74) is -2.03. The number of esters is 1. The quantitative estimate of drug-likeness (QED) is 0.138. The van der Waals surface area contributed by atoms with Gasteiger partial charge >= 0.3 is 5.97 Å². The minimum Gasteiger partial charge on any atom is -0.624 e. The number of ketones is 1. The summed E-state index contributed by atoms with van der Waals surface area (Å²) in [6, 6.07) is -1.02. The fourth-order valence-corrected chi connectivity index (χ4v) is 10.2. The van der Waals surface area contributed by atoms with Crippen LogP contribution in [-0.4, -0.2) is 108 Å². The number of aliphatic hydroxyl groups is 5. The Balaban J connectivity index is 1.76. The van der Waals surface area contributed by atoms with Gasteiger partial charge < -0.3 is 45.0 Å². The Hall–Kier alpha value is -2.19. The van der Waals surface area contributed by atoms with E-state index in [1.807, 2.05) is 32.1 Å². The third-order valence-electron chi connectivity index (χ3n) is 14.5. The van der Waals surface area contributed by atoms with Gasteiger partial charge in [-0.1, -0.05) is 86.6 Å². The van der Waals surface area contributed by atoms with Crippen LogP contribution in [0.5, 0.6) is 0 Å². The molecule has 0 aliphatic carbocycles. The van der Waals surface area contributed by atoms with Gasteiger partial charge in [-0.25, -0.2) is 4.74 Å². The number of allylic oxidation sites excluding steroid dienone is 4. The summed E-state index contributed by atoms with van der Waals surface area (Å²) in [5.74, 6) is -6.50. The highest BCUT2D eigenvalue weighted by molar-refractivity contribution is 5.91. The molecule has 0 radical (unpaired) electrons. The molecule has 4 aliphatic rings. The maximum absolute atomic E-state index is 14.3. The van der Waals surface area contributed by atoms with Crippen LogP contribution in [0.4, 0.5) is 0 Å². The molecule has 57 heavy (non-hydrogen) atoms. The van der Waals surface area contributed by atoms with Crippen LogP contribution in [-0.2, 0) is 23.8 Å². The maximum Gasteiger partial charge on any atom is 0.312 e. The Morgan fingerprint density at radius 1 is 0.895 bits per heavy atom.